The molecule has 6 amide bonds. The summed E-state index contributed by atoms with van der Waals surface area (Å²) in [5.41, 5.74) is 6.09. The average molecular weight is 1110 g/mol. The Labute approximate surface area is 488 Å². The van der Waals surface area contributed by atoms with Crippen molar-refractivity contribution in [1.82, 2.24) is 0 Å². The van der Waals surface area contributed by atoms with Gasteiger partial charge in [-0.25, -0.2) is 14.7 Å². The fourth-order valence-corrected chi connectivity index (χ4v) is 10.5. The summed E-state index contributed by atoms with van der Waals surface area (Å²) in [4.78, 5) is 85.8. The SMILES string of the molecule is Cc1ccc(Oc2cccc(Oc3ccc(N4C(=O)c5ccc(Oc6ccc(C(C)(C)c7ccc(Oc8ccc9c(c8)C(=O)N(c8cccc(N%10C(=O)c%11ccc(C#Cc%12ccccc%12)cc%11C%10=O)c8)C9=O)cc7)cc6)cc5C4=O)cc3)c2)cc1. The number of amides is 6. The molecule has 0 aromatic heterocycles. The predicted molar refractivity (Wildman–Crippen MR) is 321 cm³/mol. The molecule has 13 nitrogen and oxygen atoms in total. The molecule has 3 aliphatic rings. The van der Waals surface area contributed by atoms with Gasteiger partial charge in [-0.3, -0.25) is 28.8 Å². The Morgan fingerprint density at radius 1 is 0.294 bits per heavy atom. The summed E-state index contributed by atoms with van der Waals surface area (Å²) in [5.74, 6) is 7.18. The van der Waals surface area contributed by atoms with Crippen LogP contribution < -0.4 is 33.6 Å². The minimum atomic E-state index is -0.583. The highest BCUT2D eigenvalue weighted by Crippen LogP contribution is 2.40. The van der Waals surface area contributed by atoms with Gasteiger partial charge in [0.25, 0.3) is 35.4 Å². The lowest BCUT2D eigenvalue weighted by atomic mass is 9.78. The van der Waals surface area contributed by atoms with E-state index in [0.717, 1.165) is 37.0 Å². The van der Waals surface area contributed by atoms with Crippen molar-refractivity contribution in [2.45, 2.75) is 26.2 Å². The van der Waals surface area contributed by atoms with E-state index in [2.05, 4.69) is 25.7 Å². The smallest absolute Gasteiger partial charge is 0.266 e. The van der Waals surface area contributed by atoms with Gasteiger partial charge in [0.2, 0.25) is 0 Å². The number of hydrogen-bond donors (Lipinski definition) is 0. The van der Waals surface area contributed by atoms with Crippen molar-refractivity contribution in [3.63, 3.8) is 0 Å². The van der Waals surface area contributed by atoms with Crippen LogP contribution in [0, 0.1) is 18.8 Å². The van der Waals surface area contributed by atoms with E-state index in [1.165, 1.54) is 12.1 Å². The third kappa shape index (κ3) is 10.1. The zero-order valence-corrected chi connectivity index (χ0v) is 45.9. The van der Waals surface area contributed by atoms with Gasteiger partial charge in [-0.2, -0.15) is 0 Å². The zero-order valence-electron chi connectivity index (χ0n) is 45.9. The number of rotatable bonds is 13. The molecule has 0 atom stereocenters. The second-order valence-electron chi connectivity index (χ2n) is 21.0. The number of nitrogens with zero attached hydrogens (tertiary/aromatic N) is 3. The minimum absolute atomic E-state index is 0.142. The van der Waals surface area contributed by atoms with Gasteiger partial charge >= 0.3 is 0 Å². The largest absolute Gasteiger partial charge is 0.457 e. The maximum atomic E-state index is 14.0. The summed E-state index contributed by atoms with van der Waals surface area (Å²) in [6, 6.07) is 67.1. The van der Waals surface area contributed by atoms with Crippen LogP contribution in [0.15, 0.2) is 231 Å². The quantitative estimate of drug-likeness (QED) is 0.0806. The molecule has 10 aromatic rings. The van der Waals surface area contributed by atoms with Crippen molar-refractivity contribution in [2.75, 3.05) is 14.7 Å². The van der Waals surface area contributed by atoms with Gasteiger partial charge in [-0.05, 0) is 176 Å². The molecule has 85 heavy (non-hydrogen) atoms. The molecule has 13 heteroatoms. The minimum Gasteiger partial charge on any atom is -0.457 e. The highest BCUT2D eigenvalue weighted by atomic mass is 16.5. The highest BCUT2D eigenvalue weighted by molar-refractivity contribution is 6.37. The monoisotopic (exact) mass is 1110 g/mol. The van der Waals surface area contributed by atoms with E-state index in [1.807, 2.05) is 128 Å². The molecule has 0 N–H and O–H groups in total. The third-order valence-electron chi connectivity index (χ3n) is 15.1. The van der Waals surface area contributed by atoms with Crippen LogP contribution in [0.25, 0.3) is 0 Å². The Balaban J connectivity index is 0.628. The summed E-state index contributed by atoms with van der Waals surface area (Å²) < 4.78 is 24.5. The number of benzene rings is 10. The molecule has 3 aliphatic heterocycles. The Morgan fingerprint density at radius 2 is 0.659 bits per heavy atom. The molecule has 0 saturated heterocycles. The Morgan fingerprint density at radius 3 is 1.14 bits per heavy atom. The number of aryl methyl sites for hydroxylation is 1. The van der Waals surface area contributed by atoms with Crippen LogP contribution in [-0.2, 0) is 5.41 Å². The highest BCUT2D eigenvalue weighted by Gasteiger charge is 2.41. The lowest BCUT2D eigenvalue weighted by Gasteiger charge is -2.26. The van der Waals surface area contributed by atoms with Gasteiger partial charge < -0.3 is 18.9 Å². The number of carbonyl (C=O) groups excluding carboxylic acids is 6. The number of anilines is 3. The third-order valence-corrected chi connectivity index (χ3v) is 15.1. The van der Waals surface area contributed by atoms with Gasteiger partial charge in [0.15, 0.2) is 0 Å². The lowest BCUT2D eigenvalue weighted by molar-refractivity contribution is 0.0909. The standard InChI is InChI=1S/C72H47N3O10/c1-44-15-26-52(27-16-44)82-56-13-8-14-57(41-56)83-55-32-24-49(25-33-55)73-66(76)61-37-34-58(42-64(61)70(73)80)84-53-28-20-47(21-29-53)72(2,3)48-22-30-54(31-23-48)85-59-35-38-62-65(43-59)71(81)75(68(62)78)51-12-7-11-50(40-51)74-67(77)60-36-19-46(39-63(60)69(74)79)18-17-45-9-5-4-6-10-45/h4-16,19-43H,1-3H3. The van der Waals surface area contributed by atoms with Crippen LogP contribution in [0.2, 0.25) is 0 Å². The molecular formula is C72H47N3O10. The Hall–Kier alpha value is -11.6. The molecule has 10 aromatic carbocycles. The number of fused-ring (bicyclic) bond motifs is 3. The molecule has 13 rings (SSSR count). The fraction of sp³-hybridized carbons (Fsp3) is 0.0556. The van der Waals surface area contributed by atoms with Crippen LogP contribution in [0.1, 0.15) is 104 Å². The van der Waals surface area contributed by atoms with Gasteiger partial charge in [-0.1, -0.05) is 98.0 Å². The van der Waals surface area contributed by atoms with Crippen molar-refractivity contribution in [2.24, 2.45) is 0 Å². The Kier molecular flexibility index (Phi) is 13.3. The van der Waals surface area contributed by atoms with Gasteiger partial charge in [0.05, 0.1) is 50.4 Å². The van der Waals surface area contributed by atoms with Gasteiger partial charge in [0.1, 0.15) is 46.0 Å². The second kappa shape index (κ2) is 21.4. The van der Waals surface area contributed by atoms with Crippen LogP contribution >= 0.6 is 0 Å². The number of ether oxygens (including phenoxy) is 4. The maximum absolute atomic E-state index is 14.0. The van der Waals surface area contributed by atoms with Crippen LogP contribution in [0.4, 0.5) is 17.1 Å². The van der Waals surface area contributed by atoms with Crippen molar-refractivity contribution >= 4 is 52.5 Å². The summed E-state index contributed by atoms with van der Waals surface area (Å²) in [7, 11) is 0. The van der Waals surface area contributed by atoms with E-state index in [4.69, 9.17) is 18.9 Å². The van der Waals surface area contributed by atoms with Crippen molar-refractivity contribution in [1.29, 1.82) is 0 Å². The van der Waals surface area contributed by atoms with Gasteiger partial charge in [0, 0.05) is 22.6 Å². The van der Waals surface area contributed by atoms with E-state index in [1.54, 1.807) is 97.1 Å². The molecule has 0 saturated carbocycles. The summed E-state index contributed by atoms with van der Waals surface area (Å²) in [6.07, 6.45) is 0. The molecule has 0 aliphatic carbocycles. The second-order valence-corrected chi connectivity index (χ2v) is 21.0. The molecule has 0 radical (unpaired) electrons. The summed E-state index contributed by atoms with van der Waals surface area (Å²) in [5, 5.41) is 0. The molecule has 0 bridgehead atoms. The van der Waals surface area contributed by atoms with Crippen molar-refractivity contribution in [3.05, 3.63) is 292 Å². The molecule has 0 unspecified atom stereocenters. The number of carbonyl (C=O) groups is 6. The molecule has 410 valence electrons. The van der Waals surface area contributed by atoms with Crippen LogP contribution in [-0.4, -0.2) is 35.4 Å². The van der Waals surface area contributed by atoms with Gasteiger partial charge in [-0.15, -0.1) is 0 Å². The molecular weight excluding hydrogens is 1070 g/mol. The zero-order chi connectivity index (χ0) is 58.5. The first-order valence-corrected chi connectivity index (χ1v) is 27.2. The van der Waals surface area contributed by atoms with Crippen molar-refractivity contribution in [3.8, 4) is 57.8 Å². The first-order valence-electron chi connectivity index (χ1n) is 27.2. The van der Waals surface area contributed by atoms with E-state index < -0.39 is 40.9 Å². The van der Waals surface area contributed by atoms with Crippen molar-refractivity contribution < 1.29 is 47.7 Å². The van der Waals surface area contributed by atoms with E-state index in [9.17, 15) is 28.8 Å². The molecule has 0 spiro atoms. The number of imide groups is 3. The predicted octanol–water partition coefficient (Wildman–Crippen LogP) is 15.3. The van der Waals surface area contributed by atoms with Crippen LogP contribution in [0.3, 0.4) is 0 Å². The van der Waals surface area contributed by atoms with E-state index in [-0.39, 0.29) is 44.8 Å². The maximum Gasteiger partial charge on any atom is 0.266 e. The lowest BCUT2D eigenvalue weighted by Crippen LogP contribution is -2.31. The van der Waals surface area contributed by atoms with E-state index >= 15 is 0 Å². The Bertz CT molecular complexity index is 4470. The summed E-state index contributed by atoms with van der Waals surface area (Å²) in [6.45, 7) is 6.21. The van der Waals surface area contributed by atoms with Crippen LogP contribution in [0.5, 0.6) is 46.0 Å². The number of hydrogen-bond acceptors (Lipinski definition) is 10. The first kappa shape index (κ1) is 52.7. The molecule has 0 fully saturated rings. The topological polar surface area (TPSA) is 149 Å². The summed E-state index contributed by atoms with van der Waals surface area (Å²) >= 11 is 0. The van der Waals surface area contributed by atoms with E-state index in [0.29, 0.717) is 57.2 Å². The fourth-order valence-electron chi connectivity index (χ4n) is 10.5. The molecule has 3 heterocycles. The normalized spacial score (nSPS) is 13.3. The average Bonchev–Trinajstić information content (AvgIpc) is 2.52. The first-order chi connectivity index (χ1) is 41.2.